The van der Waals surface area contributed by atoms with Crippen LogP contribution in [0.25, 0.3) is 0 Å². The van der Waals surface area contributed by atoms with Crippen LogP contribution in [-0.2, 0) is 10.0 Å². The average molecular weight is 467 g/mol. The summed E-state index contributed by atoms with van der Waals surface area (Å²) in [5.74, 6) is 0.820. The van der Waals surface area contributed by atoms with Crippen LogP contribution in [0, 0.1) is 0 Å². The van der Waals surface area contributed by atoms with Crippen molar-refractivity contribution >= 4 is 15.9 Å². The summed E-state index contributed by atoms with van der Waals surface area (Å²) >= 11 is 0. The molecule has 0 saturated carbocycles. The molecule has 0 aliphatic heterocycles. The topological polar surface area (TPSA) is 123 Å². The summed E-state index contributed by atoms with van der Waals surface area (Å²) in [6.45, 7) is 3.49. The third-order valence-electron chi connectivity index (χ3n) is 4.70. The summed E-state index contributed by atoms with van der Waals surface area (Å²) in [7, 11) is -0.653. The largest absolute Gasteiger partial charge is 0.493 e. The molecule has 0 aliphatic rings. The predicted molar refractivity (Wildman–Crippen MR) is 120 cm³/mol. The lowest BCUT2D eigenvalue weighted by Gasteiger charge is -2.17. The Kier molecular flexibility index (Phi) is 9.30. The number of hydrogen-bond acceptors (Lipinski definition) is 7. The first-order valence-corrected chi connectivity index (χ1v) is 11.6. The van der Waals surface area contributed by atoms with Crippen molar-refractivity contribution in [2.75, 3.05) is 27.4 Å². The smallest absolute Gasteiger partial charge is 0.251 e. The number of benzene rings is 2. The second kappa shape index (κ2) is 11.7. The first kappa shape index (κ1) is 25.4. The Morgan fingerprint density at radius 2 is 1.66 bits per heavy atom. The lowest BCUT2D eigenvalue weighted by Crippen LogP contribution is -2.35. The maximum absolute atomic E-state index is 12.3. The summed E-state index contributed by atoms with van der Waals surface area (Å²) in [5, 5.41) is 12.8. The van der Waals surface area contributed by atoms with E-state index < -0.39 is 22.0 Å². The Bertz CT molecular complexity index is 972. The fourth-order valence-electron chi connectivity index (χ4n) is 2.71. The number of para-hydroxylation sites is 1. The molecule has 2 atom stereocenters. The van der Waals surface area contributed by atoms with E-state index in [-0.39, 0.29) is 29.7 Å². The minimum absolute atomic E-state index is 0.0636. The Labute approximate surface area is 188 Å². The number of carbonyl (C=O) groups excluding carboxylic acids is 1. The highest BCUT2D eigenvalue weighted by Crippen LogP contribution is 2.36. The molecule has 176 valence electrons. The molecule has 2 rings (SSSR count). The van der Waals surface area contributed by atoms with Gasteiger partial charge in [-0.2, -0.15) is 0 Å². The number of aliphatic hydroxyl groups excluding tert-OH is 1. The fraction of sp³-hybridized carbons (Fsp3) is 0.409. The number of amides is 1. The van der Waals surface area contributed by atoms with Crippen molar-refractivity contribution in [1.82, 2.24) is 10.0 Å². The third kappa shape index (κ3) is 6.84. The van der Waals surface area contributed by atoms with Gasteiger partial charge in [-0.3, -0.25) is 4.79 Å². The zero-order chi connectivity index (χ0) is 23.7. The molecule has 0 aliphatic carbocycles. The monoisotopic (exact) mass is 466 g/mol. The maximum Gasteiger partial charge on any atom is 0.251 e. The zero-order valence-electron chi connectivity index (χ0n) is 18.6. The van der Waals surface area contributed by atoms with Gasteiger partial charge in [-0.15, -0.1) is 0 Å². The lowest BCUT2D eigenvalue weighted by molar-refractivity contribution is 0.0833. The van der Waals surface area contributed by atoms with E-state index in [9.17, 15) is 18.3 Å². The summed E-state index contributed by atoms with van der Waals surface area (Å²) in [6.07, 6.45) is -0.330. The van der Waals surface area contributed by atoms with Gasteiger partial charge in [0.15, 0.2) is 11.5 Å². The van der Waals surface area contributed by atoms with E-state index >= 15 is 0 Å². The van der Waals surface area contributed by atoms with Crippen LogP contribution in [0.1, 0.15) is 30.6 Å². The Morgan fingerprint density at radius 1 is 1.06 bits per heavy atom. The normalized spacial score (nSPS) is 13.2. The Hall–Kier alpha value is -2.82. The first-order valence-electron chi connectivity index (χ1n) is 10.1. The third-order valence-corrected chi connectivity index (χ3v) is 6.30. The van der Waals surface area contributed by atoms with E-state index in [0.29, 0.717) is 23.7 Å². The molecular formula is C22H30N2O7S. The van der Waals surface area contributed by atoms with E-state index in [1.165, 1.54) is 38.5 Å². The molecule has 0 spiro atoms. The van der Waals surface area contributed by atoms with Gasteiger partial charge in [-0.25, -0.2) is 13.1 Å². The lowest BCUT2D eigenvalue weighted by atomic mass is 10.2. The van der Waals surface area contributed by atoms with Crippen molar-refractivity contribution in [3.63, 3.8) is 0 Å². The van der Waals surface area contributed by atoms with E-state index in [1.807, 2.05) is 6.92 Å². The molecule has 0 radical (unpaired) electrons. The Balaban J connectivity index is 1.91. The molecule has 2 aromatic carbocycles. The summed E-state index contributed by atoms with van der Waals surface area (Å²) < 4.78 is 43.3. The summed E-state index contributed by atoms with van der Waals surface area (Å²) in [4.78, 5) is 12.4. The maximum atomic E-state index is 12.3. The standard InChI is InChI=1S/C22H30N2O7S/c1-5-15(2)24-32(27,28)18-11-9-16(10-12-18)22(26)23-13-17(25)14-31-21-19(29-3)7-6-8-20(21)30-4/h6-12,15,17,24-25H,5,13-14H2,1-4H3,(H,23,26). The van der Waals surface area contributed by atoms with Crippen LogP contribution in [0.15, 0.2) is 47.4 Å². The van der Waals surface area contributed by atoms with Crippen LogP contribution in [0.2, 0.25) is 0 Å². The van der Waals surface area contributed by atoms with Crippen molar-refractivity contribution in [2.45, 2.75) is 37.3 Å². The van der Waals surface area contributed by atoms with E-state index in [0.717, 1.165) is 0 Å². The highest BCUT2D eigenvalue weighted by atomic mass is 32.2. The molecule has 32 heavy (non-hydrogen) atoms. The summed E-state index contributed by atoms with van der Waals surface area (Å²) in [6, 6.07) is 10.5. The van der Waals surface area contributed by atoms with Gasteiger partial charge in [0.25, 0.3) is 5.91 Å². The number of ether oxygens (including phenoxy) is 3. The van der Waals surface area contributed by atoms with Crippen LogP contribution in [0.5, 0.6) is 17.2 Å². The van der Waals surface area contributed by atoms with E-state index in [2.05, 4.69) is 10.0 Å². The van der Waals surface area contributed by atoms with Gasteiger partial charge in [-0.05, 0) is 49.7 Å². The van der Waals surface area contributed by atoms with Gasteiger partial charge in [0.05, 0.1) is 19.1 Å². The van der Waals surface area contributed by atoms with Crippen LogP contribution < -0.4 is 24.2 Å². The van der Waals surface area contributed by atoms with Crippen molar-refractivity contribution in [2.24, 2.45) is 0 Å². The van der Waals surface area contributed by atoms with Gasteiger partial charge < -0.3 is 24.6 Å². The minimum Gasteiger partial charge on any atom is -0.493 e. The van der Waals surface area contributed by atoms with Crippen molar-refractivity contribution < 1.29 is 32.5 Å². The molecule has 10 heteroatoms. The predicted octanol–water partition coefficient (Wildman–Crippen LogP) is 1.95. The molecule has 0 heterocycles. The van der Waals surface area contributed by atoms with Crippen molar-refractivity contribution in [1.29, 1.82) is 0 Å². The average Bonchev–Trinajstić information content (AvgIpc) is 2.80. The molecule has 0 fully saturated rings. The van der Waals surface area contributed by atoms with Gasteiger partial charge in [0.1, 0.15) is 12.7 Å². The number of carbonyl (C=O) groups is 1. The second-order valence-corrected chi connectivity index (χ2v) is 8.84. The molecular weight excluding hydrogens is 436 g/mol. The van der Waals surface area contributed by atoms with Gasteiger partial charge >= 0.3 is 0 Å². The molecule has 0 bridgehead atoms. The first-order chi connectivity index (χ1) is 15.2. The SMILES string of the molecule is CCC(C)NS(=O)(=O)c1ccc(C(=O)NCC(O)COc2c(OC)cccc2OC)cc1. The van der Waals surface area contributed by atoms with Gasteiger partial charge in [0, 0.05) is 18.2 Å². The van der Waals surface area contributed by atoms with Gasteiger partial charge in [-0.1, -0.05) is 13.0 Å². The molecule has 2 unspecified atom stereocenters. The van der Waals surface area contributed by atoms with Gasteiger partial charge in [0.2, 0.25) is 15.8 Å². The number of nitrogens with one attached hydrogen (secondary N) is 2. The van der Waals surface area contributed by atoms with Crippen LogP contribution in [0.3, 0.4) is 0 Å². The van der Waals surface area contributed by atoms with Crippen molar-refractivity contribution in [3.8, 4) is 17.2 Å². The molecule has 3 N–H and O–H groups in total. The molecule has 1 amide bonds. The number of methoxy groups -OCH3 is 2. The minimum atomic E-state index is -3.64. The Morgan fingerprint density at radius 3 is 2.19 bits per heavy atom. The zero-order valence-corrected chi connectivity index (χ0v) is 19.4. The molecule has 0 aromatic heterocycles. The van der Waals surface area contributed by atoms with Crippen LogP contribution in [0.4, 0.5) is 0 Å². The molecule has 2 aromatic rings. The van der Waals surface area contributed by atoms with Crippen molar-refractivity contribution in [3.05, 3.63) is 48.0 Å². The quantitative estimate of drug-likeness (QED) is 0.437. The molecule has 0 saturated heterocycles. The number of hydrogen-bond donors (Lipinski definition) is 3. The summed E-state index contributed by atoms with van der Waals surface area (Å²) in [5.41, 5.74) is 0.270. The number of rotatable bonds is 12. The molecule has 9 nitrogen and oxygen atoms in total. The number of aliphatic hydroxyl groups is 1. The van der Waals surface area contributed by atoms with Crippen LogP contribution >= 0.6 is 0 Å². The number of sulfonamides is 1. The highest BCUT2D eigenvalue weighted by Gasteiger charge is 2.18. The van der Waals surface area contributed by atoms with E-state index in [4.69, 9.17) is 14.2 Å². The fourth-order valence-corrected chi connectivity index (χ4v) is 4.04. The van der Waals surface area contributed by atoms with E-state index in [1.54, 1.807) is 25.1 Å². The highest BCUT2D eigenvalue weighted by molar-refractivity contribution is 7.89. The second-order valence-electron chi connectivity index (χ2n) is 7.12. The van der Waals surface area contributed by atoms with Crippen LogP contribution in [-0.4, -0.2) is 58.9 Å².